The number of nitrogens with zero attached hydrogens (tertiary/aromatic N) is 1. The van der Waals surface area contributed by atoms with Crippen molar-refractivity contribution < 1.29 is 19.8 Å². The SMILES string of the molecule is CC(CSCC(=O)O)[C@H](C)CN1C(=O)CCC[C@@H]1[C@@H](C)CC(O)Cc1ccccc1. The maximum atomic E-state index is 12.7. The number of hydrogen-bond acceptors (Lipinski definition) is 4. The second-order valence-corrected chi connectivity index (χ2v) is 9.96. The number of carbonyl (C=O) groups is 2. The Labute approximate surface area is 185 Å². The maximum Gasteiger partial charge on any atom is 0.313 e. The molecule has 2 unspecified atom stereocenters. The summed E-state index contributed by atoms with van der Waals surface area (Å²) in [6.07, 6.45) is 3.41. The van der Waals surface area contributed by atoms with Crippen molar-refractivity contribution in [3.05, 3.63) is 35.9 Å². The van der Waals surface area contributed by atoms with Gasteiger partial charge in [0.25, 0.3) is 0 Å². The first-order chi connectivity index (χ1) is 14.3. The van der Waals surface area contributed by atoms with E-state index < -0.39 is 12.1 Å². The number of aliphatic carboxylic acids is 1. The van der Waals surface area contributed by atoms with Crippen molar-refractivity contribution in [3.63, 3.8) is 0 Å². The Morgan fingerprint density at radius 2 is 1.90 bits per heavy atom. The molecule has 0 aromatic heterocycles. The van der Waals surface area contributed by atoms with Gasteiger partial charge in [0.1, 0.15) is 0 Å². The lowest BCUT2D eigenvalue weighted by atomic mass is 9.85. The van der Waals surface area contributed by atoms with Crippen molar-refractivity contribution in [3.8, 4) is 0 Å². The standard InChI is InChI=1S/C24H37NO4S/c1-17(12-21(26)13-20-8-5-4-6-9-20)22-10-7-11-23(27)25(22)14-18(2)19(3)15-30-16-24(28)29/h4-6,8-9,17-19,21-22,26H,7,10-16H2,1-3H3,(H,28,29)/t17-,18+,19?,21?,22+/m0/s1. The molecule has 1 aromatic rings. The van der Waals surface area contributed by atoms with Crippen LogP contribution < -0.4 is 0 Å². The number of carboxylic acids is 1. The van der Waals surface area contributed by atoms with Gasteiger partial charge in [0.05, 0.1) is 11.9 Å². The minimum Gasteiger partial charge on any atom is -0.481 e. The van der Waals surface area contributed by atoms with Crippen molar-refractivity contribution in [2.24, 2.45) is 17.8 Å². The summed E-state index contributed by atoms with van der Waals surface area (Å²) < 4.78 is 0. The zero-order chi connectivity index (χ0) is 22.1. The number of carbonyl (C=O) groups excluding carboxylic acids is 1. The van der Waals surface area contributed by atoms with E-state index in [0.29, 0.717) is 37.6 Å². The number of benzene rings is 1. The first-order valence-electron chi connectivity index (χ1n) is 11.1. The lowest BCUT2D eigenvalue weighted by Gasteiger charge is -2.42. The molecule has 2 N–H and O–H groups in total. The van der Waals surface area contributed by atoms with Crippen LogP contribution in [0.4, 0.5) is 0 Å². The number of aliphatic hydroxyl groups excluding tert-OH is 1. The smallest absolute Gasteiger partial charge is 0.313 e. The Hall–Kier alpha value is -1.53. The number of hydrogen-bond donors (Lipinski definition) is 2. The number of rotatable bonds is 12. The molecule has 1 aromatic carbocycles. The van der Waals surface area contributed by atoms with E-state index in [0.717, 1.165) is 24.2 Å². The Balaban J connectivity index is 1.92. The monoisotopic (exact) mass is 435 g/mol. The number of thioether (sulfide) groups is 1. The van der Waals surface area contributed by atoms with Crippen molar-refractivity contribution in [2.45, 2.75) is 65.0 Å². The molecule has 0 aliphatic carbocycles. The average Bonchev–Trinajstić information content (AvgIpc) is 2.69. The average molecular weight is 436 g/mol. The molecular weight excluding hydrogens is 398 g/mol. The Morgan fingerprint density at radius 1 is 1.20 bits per heavy atom. The van der Waals surface area contributed by atoms with Gasteiger partial charge in [0, 0.05) is 19.0 Å². The van der Waals surface area contributed by atoms with Crippen LogP contribution in [0, 0.1) is 17.8 Å². The van der Waals surface area contributed by atoms with E-state index in [1.165, 1.54) is 11.8 Å². The quantitative estimate of drug-likeness (QED) is 0.517. The number of amides is 1. The van der Waals surface area contributed by atoms with Crippen LogP contribution in [0.2, 0.25) is 0 Å². The molecule has 5 nitrogen and oxygen atoms in total. The van der Waals surface area contributed by atoms with Gasteiger partial charge < -0.3 is 15.1 Å². The molecule has 0 saturated carbocycles. The van der Waals surface area contributed by atoms with E-state index in [2.05, 4.69) is 20.8 Å². The van der Waals surface area contributed by atoms with Crippen molar-refractivity contribution in [1.82, 2.24) is 4.90 Å². The highest BCUT2D eigenvalue weighted by molar-refractivity contribution is 7.99. The van der Waals surface area contributed by atoms with Crippen LogP contribution in [0.25, 0.3) is 0 Å². The van der Waals surface area contributed by atoms with Gasteiger partial charge in [0.15, 0.2) is 0 Å². The van der Waals surface area contributed by atoms with E-state index in [1.54, 1.807) is 0 Å². The highest BCUT2D eigenvalue weighted by Crippen LogP contribution is 2.30. The minimum absolute atomic E-state index is 0.124. The van der Waals surface area contributed by atoms with Crippen LogP contribution in [-0.2, 0) is 16.0 Å². The van der Waals surface area contributed by atoms with Crippen LogP contribution >= 0.6 is 11.8 Å². The van der Waals surface area contributed by atoms with Crippen LogP contribution in [0.5, 0.6) is 0 Å². The summed E-state index contributed by atoms with van der Waals surface area (Å²) in [5.41, 5.74) is 1.13. The third-order valence-corrected chi connectivity index (χ3v) is 7.50. The summed E-state index contributed by atoms with van der Waals surface area (Å²) in [5, 5.41) is 19.4. The first-order valence-corrected chi connectivity index (χ1v) is 12.2. The zero-order valence-corrected chi connectivity index (χ0v) is 19.3. The van der Waals surface area contributed by atoms with Crippen molar-refractivity contribution >= 4 is 23.6 Å². The van der Waals surface area contributed by atoms with Gasteiger partial charge in [-0.25, -0.2) is 0 Å². The van der Waals surface area contributed by atoms with Gasteiger partial charge in [-0.1, -0.05) is 51.1 Å². The summed E-state index contributed by atoms with van der Waals surface area (Å²) in [6, 6.07) is 10.2. The van der Waals surface area contributed by atoms with Crippen LogP contribution in [0.3, 0.4) is 0 Å². The molecule has 168 valence electrons. The van der Waals surface area contributed by atoms with Gasteiger partial charge in [-0.3, -0.25) is 9.59 Å². The molecule has 1 heterocycles. The van der Waals surface area contributed by atoms with Gasteiger partial charge in [0.2, 0.25) is 5.91 Å². The molecule has 0 radical (unpaired) electrons. The van der Waals surface area contributed by atoms with E-state index in [4.69, 9.17) is 5.11 Å². The molecule has 1 aliphatic rings. The summed E-state index contributed by atoms with van der Waals surface area (Å²) in [7, 11) is 0. The lowest BCUT2D eigenvalue weighted by molar-refractivity contribution is -0.139. The molecular formula is C24H37NO4S. The fourth-order valence-corrected chi connectivity index (χ4v) is 5.31. The van der Waals surface area contributed by atoms with Crippen LogP contribution in [0.15, 0.2) is 30.3 Å². The summed E-state index contributed by atoms with van der Waals surface area (Å²) >= 11 is 1.44. The highest BCUT2D eigenvalue weighted by Gasteiger charge is 2.34. The molecule has 30 heavy (non-hydrogen) atoms. The molecule has 5 atom stereocenters. The molecule has 1 aliphatic heterocycles. The second-order valence-electron chi connectivity index (χ2n) is 8.93. The predicted octanol–water partition coefficient (Wildman–Crippen LogP) is 4.09. The normalized spacial score (nSPS) is 21.1. The molecule has 6 heteroatoms. The topological polar surface area (TPSA) is 77.8 Å². The maximum absolute atomic E-state index is 12.7. The van der Waals surface area contributed by atoms with E-state index >= 15 is 0 Å². The molecule has 1 fully saturated rings. The number of piperidine rings is 1. The molecule has 0 spiro atoms. The number of carboxylic acid groups (broad SMARTS) is 1. The largest absolute Gasteiger partial charge is 0.481 e. The van der Waals surface area contributed by atoms with Crippen molar-refractivity contribution in [2.75, 3.05) is 18.1 Å². The fraction of sp³-hybridized carbons (Fsp3) is 0.667. The Bertz CT molecular complexity index is 668. The predicted molar refractivity (Wildman–Crippen MR) is 123 cm³/mol. The lowest BCUT2D eigenvalue weighted by Crippen LogP contribution is -2.49. The Morgan fingerprint density at radius 3 is 2.57 bits per heavy atom. The summed E-state index contributed by atoms with van der Waals surface area (Å²) in [4.78, 5) is 25.5. The van der Waals surface area contributed by atoms with Gasteiger partial charge in [-0.05, 0) is 54.8 Å². The third kappa shape index (κ3) is 7.95. The second kappa shape index (κ2) is 12.4. The molecule has 1 amide bonds. The highest BCUT2D eigenvalue weighted by atomic mass is 32.2. The summed E-state index contributed by atoms with van der Waals surface area (Å²) in [6.45, 7) is 7.15. The van der Waals surface area contributed by atoms with Crippen LogP contribution in [-0.4, -0.2) is 57.2 Å². The van der Waals surface area contributed by atoms with E-state index in [-0.39, 0.29) is 23.6 Å². The van der Waals surface area contributed by atoms with E-state index in [9.17, 15) is 14.7 Å². The molecule has 0 bridgehead atoms. The fourth-order valence-electron chi connectivity index (χ4n) is 4.32. The van der Waals surface area contributed by atoms with Gasteiger partial charge in [-0.2, -0.15) is 0 Å². The van der Waals surface area contributed by atoms with Gasteiger partial charge >= 0.3 is 5.97 Å². The van der Waals surface area contributed by atoms with E-state index in [1.807, 2.05) is 35.2 Å². The third-order valence-electron chi connectivity index (χ3n) is 6.29. The minimum atomic E-state index is -0.783. The van der Waals surface area contributed by atoms with Crippen LogP contribution in [0.1, 0.15) is 52.0 Å². The first kappa shape index (κ1) is 24.7. The zero-order valence-electron chi connectivity index (χ0n) is 18.5. The number of aliphatic hydroxyl groups is 1. The molecule has 2 rings (SSSR count). The number of likely N-dealkylation sites (tertiary alicyclic amines) is 1. The van der Waals surface area contributed by atoms with Gasteiger partial charge in [-0.15, -0.1) is 11.8 Å². The summed E-state index contributed by atoms with van der Waals surface area (Å²) in [5.74, 6) is 1.21. The Kier molecular flexibility index (Phi) is 10.2. The molecule has 1 saturated heterocycles. The van der Waals surface area contributed by atoms with Crippen molar-refractivity contribution in [1.29, 1.82) is 0 Å².